The van der Waals surface area contributed by atoms with Crippen LogP contribution in [0.3, 0.4) is 0 Å². The summed E-state index contributed by atoms with van der Waals surface area (Å²) >= 11 is 0. The van der Waals surface area contributed by atoms with Gasteiger partial charge in [-0.25, -0.2) is 0 Å². The average Bonchev–Trinajstić information content (AvgIpc) is 1.93. The van der Waals surface area contributed by atoms with Crippen LogP contribution in [0.4, 0.5) is 0 Å². The molecule has 0 aliphatic heterocycles. The second-order valence-electron chi connectivity index (χ2n) is 3.85. The molecule has 0 aromatic heterocycles. The first kappa shape index (κ1) is 9.56. The van der Waals surface area contributed by atoms with Crippen LogP contribution in [0.5, 0.6) is 0 Å². The zero-order chi connectivity index (χ0) is 8.97. The molecule has 1 aliphatic carbocycles. The number of carboxylic acid groups (broad SMARTS) is 1. The third-order valence-corrected chi connectivity index (χ3v) is 2.78. The number of carboxylic acids is 1. The topological polar surface area (TPSA) is 40.1 Å². The smallest absolute Gasteiger partial charge is 0.0445 e. The van der Waals surface area contributed by atoms with E-state index in [0.29, 0.717) is 5.92 Å². The van der Waals surface area contributed by atoms with Crippen molar-refractivity contribution in [2.75, 3.05) is 0 Å². The predicted octanol–water partition coefficient (Wildman–Crippen LogP) is 1.34. The van der Waals surface area contributed by atoms with Gasteiger partial charge in [0.1, 0.15) is 0 Å². The fourth-order valence-electron chi connectivity index (χ4n) is 1.85. The lowest BCUT2D eigenvalue weighted by Crippen LogP contribution is -2.39. The summed E-state index contributed by atoms with van der Waals surface area (Å²) in [5.41, 5.74) is 0. The van der Waals surface area contributed by atoms with Gasteiger partial charge >= 0.3 is 0 Å². The first-order valence-electron chi connectivity index (χ1n) is 4.95. The van der Waals surface area contributed by atoms with Crippen LogP contribution in [-0.4, -0.2) is 5.97 Å². The summed E-state index contributed by atoms with van der Waals surface area (Å²) in [5, 5.41) is 10.3. The Morgan fingerprint density at radius 2 is 2.08 bits per heavy atom. The number of carbonyl (C=O) groups is 1. The number of hydrogen-bond donors (Lipinski definition) is 0. The minimum Gasteiger partial charge on any atom is -0.550 e. The van der Waals surface area contributed by atoms with Gasteiger partial charge in [-0.3, -0.25) is 0 Å². The van der Waals surface area contributed by atoms with Gasteiger partial charge in [0.25, 0.3) is 0 Å². The Kier molecular flexibility index (Phi) is 3.57. The quantitative estimate of drug-likeness (QED) is 0.583. The van der Waals surface area contributed by atoms with Crippen molar-refractivity contribution in [3.8, 4) is 0 Å². The van der Waals surface area contributed by atoms with E-state index in [1.54, 1.807) is 0 Å². The van der Waals surface area contributed by atoms with Gasteiger partial charge in [-0.2, -0.15) is 0 Å². The predicted molar refractivity (Wildman–Crippen MR) is 45.4 cm³/mol. The minimum atomic E-state index is -0.846. The number of unbranched alkanes of at least 4 members (excludes halogenated alkanes) is 2. The first-order chi connectivity index (χ1) is 5.74. The normalized spacial score (nSPS) is 28.1. The lowest BCUT2D eigenvalue weighted by Gasteiger charge is -2.36. The Labute approximate surface area is 74.0 Å². The molecule has 1 saturated carbocycles. The molecule has 0 N–H and O–H groups in total. The molecule has 0 heterocycles. The van der Waals surface area contributed by atoms with Crippen LogP contribution >= 0.6 is 0 Å². The molecule has 12 heavy (non-hydrogen) atoms. The fourth-order valence-corrected chi connectivity index (χ4v) is 1.85. The van der Waals surface area contributed by atoms with Gasteiger partial charge in [0.05, 0.1) is 0 Å². The van der Waals surface area contributed by atoms with Gasteiger partial charge < -0.3 is 9.90 Å². The summed E-state index contributed by atoms with van der Waals surface area (Å²) in [6, 6.07) is 0. The van der Waals surface area contributed by atoms with Gasteiger partial charge in [-0.1, -0.05) is 32.6 Å². The Morgan fingerprint density at radius 1 is 1.42 bits per heavy atom. The van der Waals surface area contributed by atoms with Crippen molar-refractivity contribution in [3.63, 3.8) is 0 Å². The highest BCUT2D eigenvalue weighted by atomic mass is 16.4. The second-order valence-corrected chi connectivity index (χ2v) is 3.85. The maximum atomic E-state index is 10.3. The van der Waals surface area contributed by atoms with E-state index in [4.69, 9.17) is 0 Å². The van der Waals surface area contributed by atoms with Gasteiger partial charge in [-0.15, -0.1) is 0 Å². The van der Waals surface area contributed by atoms with Crippen LogP contribution in [0.1, 0.15) is 45.4 Å². The third kappa shape index (κ3) is 2.50. The zero-order valence-corrected chi connectivity index (χ0v) is 7.71. The van der Waals surface area contributed by atoms with Gasteiger partial charge in [0.15, 0.2) is 0 Å². The lowest BCUT2D eigenvalue weighted by molar-refractivity contribution is -0.315. The number of hydrogen-bond acceptors (Lipinski definition) is 2. The maximum Gasteiger partial charge on any atom is 0.0445 e. The molecule has 0 spiro atoms. The van der Waals surface area contributed by atoms with E-state index in [9.17, 15) is 9.90 Å². The largest absolute Gasteiger partial charge is 0.550 e. The molecule has 0 atom stereocenters. The first-order valence-corrected chi connectivity index (χ1v) is 4.95. The van der Waals surface area contributed by atoms with Gasteiger partial charge in [0, 0.05) is 5.97 Å². The Balaban J connectivity index is 1.98. The Morgan fingerprint density at radius 3 is 2.58 bits per heavy atom. The molecule has 0 radical (unpaired) electrons. The van der Waals surface area contributed by atoms with Crippen molar-refractivity contribution in [1.29, 1.82) is 0 Å². The monoisotopic (exact) mass is 169 g/mol. The standard InChI is InChI=1S/C10H18O2/c1-2-3-4-5-8-6-9(7-8)10(11)12/h8-9H,2-7H2,1H3,(H,11,12)/p-1. The molecule has 0 aromatic carbocycles. The van der Waals surface area contributed by atoms with Crippen LogP contribution in [0.2, 0.25) is 0 Å². The molecule has 1 fully saturated rings. The van der Waals surface area contributed by atoms with E-state index in [-0.39, 0.29) is 5.92 Å². The van der Waals surface area contributed by atoms with Crippen LogP contribution < -0.4 is 5.11 Å². The van der Waals surface area contributed by atoms with Gasteiger partial charge in [-0.05, 0) is 24.7 Å². The summed E-state index contributed by atoms with van der Waals surface area (Å²) in [6.07, 6.45) is 6.75. The summed E-state index contributed by atoms with van der Waals surface area (Å²) in [6.45, 7) is 2.19. The molecule has 1 rings (SSSR count). The van der Waals surface area contributed by atoms with E-state index in [1.165, 1.54) is 25.7 Å². The molecule has 2 heteroatoms. The molecule has 2 nitrogen and oxygen atoms in total. The van der Waals surface area contributed by atoms with E-state index in [1.807, 2.05) is 0 Å². The number of rotatable bonds is 5. The molecular weight excluding hydrogens is 152 g/mol. The SMILES string of the molecule is CCCCCC1CC(C(=O)[O-])C1. The number of carbonyl (C=O) groups excluding carboxylic acids is 1. The number of aliphatic carboxylic acids is 1. The van der Waals surface area contributed by atoms with Crippen molar-refractivity contribution >= 4 is 5.97 Å². The third-order valence-electron chi connectivity index (χ3n) is 2.78. The molecular formula is C10H17O2-. The van der Waals surface area contributed by atoms with E-state index in [0.717, 1.165) is 12.8 Å². The van der Waals surface area contributed by atoms with Crippen molar-refractivity contribution in [2.45, 2.75) is 45.4 Å². The zero-order valence-electron chi connectivity index (χ0n) is 7.71. The summed E-state index contributed by atoms with van der Waals surface area (Å²) in [5.74, 6) is -0.294. The molecule has 1 aliphatic rings. The van der Waals surface area contributed by atoms with Crippen molar-refractivity contribution in [2.24, 2.45) is 11.8 Å². The average molecular weight is 169 g/mol. The van der Waals surface area contributed by atoms with Crippen molar-refractivity contribution in [3.05, 3.63) is 0 Å². The van der Waals surface area contributed by atoms with Gasteiger partial charge in [0.2, 0.25) is 0 Å². The van der Waals surface area contributed by atoms with Crippen LogP contribution in [0, 0.1) is 11.8 Å². The molecule has 0 aromatic rings. The van der Waals surface area contributed by atoms with E-state index >= 15 is 0 Å². The second kappa shape index (κ2) is 4.48. The molecule has 0 bridgehead atoms. The molecule has 0 amide bonds. The Bertz CT molecular complexity index is 148. The van der Waals surface area contributed by atoms with Crippen molar-refractivity contribution < 1.29 is 9.90 Å². The van der Waals surface area contributed by atoms with E-state index < -0.39 is 5.97 Å². The van der Waals surface area contributed by atoms with Crippen molar-refractivity contribution in [1.82, 2.24) is 0 Å². The lowest BCUT2D eigenvalue weighted by atomic mass is 9.72. The minimum absolute atomic E-state index is 0.128. The fraction of sp³-hybridized carbons (Fsp3) is 0.900. The summed E-state index contributed by atoms with van der Waals surface area (Å²) in [4.78, 5) is 10.3. The highest BCUT2D eigenvalue weighted by Gasteiger charge is 2.28. The Hall–Kier alpha value is -0.530. The van der Waals surface area contributed by atoms with Crippen LogP contribution in [0.15, 0.2) is 0 Å². The van der Waals surface area contributed by atoms with E-state index in [2.05, 4.69) is 6.92 Å². The molecule has 0 saturated heterocycles. The highest BCUT2D eigenvalue weighted by molar-refractivity contribution is 5.68. The summed E-state index contributed by atoms with van der Waals surface area (Å²) in [7, 11) is 0. The highest BCUT2D eigenvalue weighted by Crippen LogP contribution is 2.36. The summed E-state index contributed by atoms with van der Waals surface area (Å²) < 4.78 is 0. The molecule has 70 valence electrons. The maximum absolute atomic E-state index is 10.3. The molecule has 0 unspecified atom stereocenters. The van der Waals surface area contributed by atoms with Crippen LogP contribution in [-0.2, 0) is 4.79 Å². The van der Waals surface area contributed by atoms with Crippen LogP contribution in [0.25, 0.3) is 0 Å².